The first kappa shape index (κ1) is 13.7. The van der Waals surface area contributed by atoms with E-state index in [1.807, 2.05) is 44.2 Å². The molecule has 1 heterocycles. The SMILES string of the molecule is Cc1ccc(C2=CC(C(C)(C)F)=CCC=C2)nc1C. The van der Waals surface area contributed by atoms with Crippen molar-refractivity contribution in [2.45, 2.75) is 39.8 Å². The highest BCUT2D eigenvalue weighted by Crippen LogP contribution is 2.28. The van der Waals surface area contributed by atoms with Crippen molar-refractivity contribution in [2.24, 2.45) is 0 Å². The molecule has 0 fully saturated rings. The molecule has 0 spiro atoms. The number of alkyl halides is 1. The Labute approximate surface area is 114 Å². The molecule has 1 aliphatic carbocycles. The fraction of sp³-hybridized carbons (Fsp3) is 0.353. The maximum atomic E-state index is 14.1. The lowest BCUT2D eigenvalue weighted by atomic mass is 9.96. The zero-order valence-corrected chi connectivity index (χ0v) is 12.0. The minimum Gasteiger partial charge on any atom is -0.253 e. The van der Waals surface area contributed by atoms with Crippen LogP contribution in [0.1, 0.15) is 37.2 Å². The van der Waals surface area contributed by atoms with Gasteiger partial charge in [-0.1, -0.05) is 24.3 Å². The van der Waals surface area contributed by atoms with Crippen molar-refractivity contribution in [2.75, 3.05) is 0 Å². The third kappa shape index (κ3) is 3.19. The zero-order valence-electron chi connectivity index (χ0n) is 12.0. The molecule has 19 heavy (non-hydrogen) atoms. The summed E-state index contributed by atoms with van der Waals surface area (Å²) in [6.45, 7) is 7.22. The maximum absolute atomic E-state index is 14.1. The van der Waals surface area contributed by atoms with Crippen LogP contribution in [0.4, 0.5) is 4.39 Å². The van der Waals surface area contributed by atoms with E-state index in [0.717, 1.165) is 23.4 Å². The fourth-order valence-electron chi connectivity index (χ4n) is 2.03. The van der Waals surface area contributed by atoms with Gasteiger partial charge in [-0.05, 0) is 57.4 Å². The van der Waals surface area contributed by atoms with Crippen LogP contribution in [-0.2, 0) is 0 Å². The van der Waals surface area contributed by atoms with Gasteiger partial charge in [-0.3, -0.25) is 4.98 Å². The fourth-order valence-corrected chi connectivity index (χ4v) is 2.03. The lowest BCUT2D eigenvalue weighted by molar-refractivity contribution is 0.273. The normalized spacial score (nSPS) is 15.8. The van der Waals surface area contributed by atoms with Gasteiger partial charge in [0.2, 0.25) is 0 Å². The second kappa shape index (κ2) is 5.12. The summed E-state index contributed by atoms with van der Waals surface area (Å²) in [7, 11) is 0. The molecule has 0 saturated heterocycles. The molecule has 0 aliphatic heterocycles. The van der Waals surface area contributed by atoms with Gasteiger partial charge in [0.05, 0.1) is 5.69 Å². The van der Waals surface area contributed by atoms with Crippen LogP contribution >= 0.6 is 0 Å². The number of nitrogens with zero attached hydrogens (tertiary/aromatic N) is 1. The number of halogens is 1. The van der Waals surface area contributed by atoms with Crippen molar-refractivity contribution < 1.29 is 4.39 Å². The number of aryl methyl sites for hydroxylation is 2. The number of rotatable bonds is 2. The van der Waals surface area contributed by atoms with E-state index in [-0.39, 0.29) is 0 Å². The highest BCUT2D eigenvalue weighted by molar-refractivity contribution is 5.75. The summed E-state index contributed by atoms with van der Waals surface area (Å²) in [4.78, 5) is 4.59. The molecular weight excluding hydrogens is 237 g/mol. The van der Waals surface area contributed by atoms with E-state index in [1.165, 1.54) is 5.56 Å². The molecule has 100 valence electrons. The average molecular weight is 257 g/mol. The Hall–Kier alpha value is -1.70. The van der Waals surface area contributed by atoms with Crippen molar-refractivity contribution in [3.05, 3.63) is 59.0 Å². The molecule has 0 amide bonds. The summed E-state index contributed by atoms with van der Waals surface area (Å²) < 4.78 is 14.1. The lowest BCUT2D eigenvalue weighted by Gasteiger charge is -2.16. The quantitative estimate of drug-likeness (QED) is 0.747. The molecule has 0 saturated carbocycles. The number of aromatic nitrogens is 1. The number of hydrogen-bond acceptors (Lipinski definition) is 1. The molecule has 0 atom stereocenters. The Bertz CT molecular complexity index is 571. The van der Waals surface area contributed by atoms with Gasteiger partial charge >= 0.3 is 0 Å². The molecule has 0 N–H and O–H groups in total. The van der Waals surface area contributed by atoms with Crippen LogP contribution in [0, 0.1) is 13.8 Å². The highest BCUT2D eigenvalue weighted by atomic mass is 19.1. The predicted molar refractivity (Wildman–Crippen MR) is 78.7 cm³/mol. The first-order valence-corrected chi connectivity index (χ1v) is 6.60. The van der Waals surface area contributed by atoms with Crippen molar-refractivity contribution in [1.82, 2.24) is 4.98 Å². The summed E-state index contributed by atoms with van der Waals surface area (Å²) in [5.41, 5.74) is 3.45. The molecular formula is C17H20FN. The average Bonchev–Trinajstić information content (AvgIpc) is 2.58. The van der Waals surface area contributed by atoms with Crippen LogP contribution in [0.5, 0.6) is 0 Å². The topological polar surface area (TPSA) is 12.9 Å². The standard InChI is InChI=1S/C17H20FN/c1-12-9-10-16(19-13(12)2)14-7-5-6-8-15(11-14)17(3,4)18/h5,7-11H,6H2,1-4H3. The molecule has 0 aromatic carbocycles. The largest absolute Gasteiger partial charge is 0.253 e. The van der Waals surface area contributed by atoms with Crippen LogP contribution in [-0.4, -0.2) is 10.7 Å². The first-order valence-electron chi connectivity index (χ1n) is 6.60. The highest BCUT2D eigenvalue weighted by Gasteiger charge is 2.21. The van der Waals surface area contributed by atoms with Gasteiger partial charge in [-0.15, -0.1) is 0 Å². The third-order valence-electron chi connectivity index (χ3n) is 3.41. The van der Waals surface area contributed by atoms with Gasteiger partial charge in [-0.25, -0.2) is 4.39 Å². The van der Waals surface area contributed by atoms with E-state index in [1.54, 1.807) is 13.8 Å². The van der Waals surface area contributed by atoms with E-state index >= 15 is 0 Å². The maximum Gasteiger partial charge on any atom is 0.130 e. The molecule has 0 radical (unpaired) electrons. The molecule has 2 heteroatoms. The van der Waals surface area contributed by atoms with Gasteiger partial charge < -0.3 is 0 Å². The van der Waals surface area contributed by atoms with Crippen LogP contribution in [0.2, 0.25) is 0 Å². The summed E-state index contributed by atoms with van der Waals surface area (Å²) in [6, 6.07) is 4.05. The van der Waals surface area contributed by atoms with Gasteiger partial charge in [0.1, 0.15) is 5.67 Å². The molecule has 1 aromatic rings. The number of allylic oxidation sites excluding steroid dienone is 6. The van der Waals surface area contributed by atoms with Crippen LogP contribution in [0.15, 0.2) is 42.0 Å². The predicted octanol–water partition coefficient (Wildman–Crippen LogP) is 4.72. The molecule has 0 bridgehead atoms. The Kier molecular flexibility index (Phi) is 3.70. The molecule has 2 rings (SSSR count). The van der Waals surface area contributed by atoms with Gasteiger partial charge in [-0.2, -0.15) is 0 Å². The second-order valence-corrected chi connectivity index (χ2v) is 5.47. The minimum atomic E-state index is -1.32. The van der Waals surface area contributed by atoms with Crippen LogP contribution < -0.4 is 0 Å². The van der Waals surface area contributed by atoms with E-state index in [9.17, 15) is 4.39 Å². The van der Waals surface area contributed by atoms with E-state index in [0.29, 0.717) is 5.57 Å². The first-order chi connectivity index (χ1) is 8.88. The molecule has 1 aliphatic rings. The lowest BCUT2D eigenvalue weighted by Crippen LogP contribution is -2.14. The summed E-state index contributed by atoms with van der Waals surface area (Å²) in [5, 5.41) is 0. The van der Waals surface area contributed by atoms with Crippen molar-refractivity contribution in [3.8, 4) is 0 Å². The number of pyridine rings is 1. The minimum absolute atomic E-state index is 0.715. The van der Waals surface area contributed by atoms with Gasteiger partial charge in [0.25, 0.3) is 0 Å². The van der Waals surface area contributed by atoms with Crippen LogP contribution in [0.25, 0.3) is 5.57 Å². The summed E-state index contributed by atoms with van der Waals surface area (Å²) in [6.07, 6.45) is 8.66. The molecule has 1 aromatic heterocycles. The van der Waals surface area contributed by atoms with Gasteiger partial charge in [0.15, 0.2) is 0 Å². The Balaban J connectivity index is 2.45. The van der Waals surface area contributed by atoms with E-state index in [4.69, 9.17) is 0 Å². The third-order valence-corrected chi connectivity index (χ3v) is 3.41. The Morgan fingerprint density at radius 1 is 1.21 bits per heavy atom. The Morgan fingerprint density at radius 3 is 2.58 bits per heavy atom. The van der Waals surface area contributed by atoms with E-state index < -0.39 is 5.67 Å². The van der Waals surface area contributed by atoms with Crippen LogP contribution in [0.3, 0.4) is 0 Å². The summed E-state index contributed by atoms with van der Waals surface area (Å²) >= 11 is 0. The monoisotopic (exact) mass is 257 g/mol. The zero-order chi connectivity index (χ0) is 14.0. The van der Waals surface area contributed by atoms with Gasteiger partial charge in [0, 0.05) is 11.3 Å². The van der Waals surface area contributed by atoms with Crippen molar-refractivity contribution in [3.63, 3.8) is 0 Å². The van der Waals surface area contributed by atoms with E-state index in [2.05, 4.69) is 11.1 Å². The van der Waals surface area contributed by atoms with Crippen molar-refractivity contribution >= 4 is 5.57 Å². The second-order valence-electron chi connectivity index (χ2n) is 5.47. The molecule has 0 unspecified atom stereocenters. The van der Waals surface area contributed by atoms with Crippen molar-refractivity contribution in [1.29, 1.82) is 0 Å². The Morgan fingerprint density at radius 2 is 1.95 bits per heavy atom. The summed E-state index contributed by atoms with van der Waals surface area (Å²) in [5.74, 6) is 0. The molecule has 1 nitrogen and oxygen atoms in total. The smallest absolute Gasteiger partial charge is 0.130 e. The number of hydrogen-bond donors (Lipinski definition) is 0.